The first-order valence-electron chi connectivity index (χ1n) is 4.25. The van der Waals surface area contributed by atoms with Crippen molar-refractivity contribution >= 4 is 13.8 Å². The maximum atomic E-state index is 10.6. The molecule has 0 spiro atoms. The van der Waals surface area contributed by atoms with Crippen molar-refractivity contribution in [2.45, 2.75) is 24.7 Å². The highest BCUT2D eigenvalue weighted by molar-refractivity contribution is 7.46. The van der Waals surface area contributed by atoms with E-state index in [0.29, 0.717) is 0 Å². The minimum Gasteiger partial charge on any atom is -0.478 e. The first-order valence-corrected chi connectivity index (χ1v) is 5.78. The molecule has 1 aliphatic rings. The van der Waals surface area contributed by atoms with Crippen molar-refractivity contribution in [2.75, 3.05) is 0 Å². The van der Waals surface area contributed by atoms with E-state index in [1.807, 2.05) is 0 Å². The van der Waals surface area contributed by atoms with E-state index >= 15 is 0 Å². The van der Waals surface area contributed by atoms with Crippen LogP contribution in [-0.4, -0.2) is 49.4 Å². The molecular weight excluding hydrogens is 243 g/mol. The second-order valence-corrected chi connectivity index (χ2v) is 4.51. The normalized spacial score (nSPS) is 31.0. The Morgan fingerprint density at radius 3 is 2.44 bits per heavy atom. The van der Waals surface area contributed by atoms with Crippen LogP contribution in [0.1, 0.15) is 6.42 Å². The third-order valence-corrected chi connectivity index (χ3v) is 2.58. The lowest BCUT2D eigenvalue weighted by Gasteiger charge is -2.29. The molecule has 0 aliphatic heterocycles. The van der Waals surface area contributed by atoms with Crippen LogP contribution in [0, 0.1) is 0 Å². The van der Waals surface area contributed by atoms with Crippen LogP contribution in [0.3, 0.4) is 0 Å². The van der Waals surface area contributed by atoms with Gasteiger partial charge in [0.25, 0.3) is 0 Å². The standard InChI is InChI=1S/C7H11O8P/c8-4-1-3(7(10)11)2-5(6(4)9)15-16(12,13)14/h2,4-6,8-9H,1H2,(H,10,11)(H2,12,13,14). The fourth-order valence-corrected chi connectivity index (χ4v) is 1.84. The van der Waals surface area contributed by atoms with Crippen LogP contribution in [0.15, 0.2) is 11.6 Å². The van der Waals surface area contributed by atoms with Gasteiger partial charge in [0.15, 0.2) is 0 Å². The topological polar surface area (TPSA) is 145 Å². The SMILES string of the molecule is O=C(O)C1=CC(OP(=O)(O)O)C(O)C(O)C1. The van der Waals surface area contributed by atoms with E-state index in [1.54, 1.807) is 0 Å². The molecule has 1 rings (SSSR count). The van der Waals surface area contributed by atoms with E-state index in [9.17, 15) is 19.6 Å². The summed E-state index contributed by atoms with van der Waals surface area (Å²) in [5.74, 6) is -1.34. The summed E-state index contributed by atoms with van der Waals surface area (Å²) < 4.78 is 14.7. The predicted octanol–water partition coefficient (Wildman–Crippen LogP) is -1.40. The van der Waals surface area contributed by atoms with Crippen molar-refractivity contribution in [2.24, 2.45) is 0 Å². The quantitative estimate of drug-likeness (QED) is 0.387. The molecule has 0 saturated carbocycles. The van der Waals surface area contributed by atoms with Gasteiger partial charge in [-0.1, -0.05) is 0 Å². The second kappa shape index (κ2) is 4.62. The zero-order valence-electron chi connectivity index (χ0n) is 7.92. The lowest BCUT2D eigenvalue weighted by atomic mass is 9.92. The van der Waals surface area contributed by atoms with Crippen molar-refractivity contribution in [3.63, 3.8) is 0 Å². The molecule has 0 radical (unpaired) electrons. The van der Waals surface area contributed by atoms with Gasteiger partial charge >= 0.3 is 13.8 Å². The van der Waals surface area contributed by atoms with E-state index in [4.69, 9.17) is 14.9 Å². The first kappa shape index (κ1) is 13.3. The molecule has 0 amide bonds. The number of aliphatic hydroxyl groups is 2. The Kier molecular flexibility index (Phi) is 3.84. The van der Waals surface area contributed by atoms with E-state index in [-0.39, 0.29) is 12.0 Å². The summed E-state index contributed by atoms with van der Waals surface area (Å²) in [6.45, 7) is 0. The highest BCUT2D eigenvalue weighted by Gasteiger charge is 2.36. The summed E-state index contributed by atoms with van der Waals surface area (Å²) in [6, 6.07) is 0. The highest BCUT2D eigenvalue weighted by Crippen LogP contribution is 2.40. The Morgan fingerprint density at radius 1 is 1.44 bits per heavy atom. The summed E-state index contributed by atoms with van der Waals surface area (Å²) in [6.07, 6.45) is -3.99. The maximum absolute atomic E-state index is 10.6. The molecule has 0 saturated heterocycles. The van der Waals surface area contributed by atoms with Gasteiger partial charge in [0.2, 0.25) is 0 Å². The van der Waals surface area contributed by atoms with E-state index in [1.165, 1.54) is 0 Å². The number of hydrogen-bond donors (Lipinski definition) is 5. The number of carbonyl (C=O) groups is 1. The molecule has 0 aromatic rings. The van der Waals surface area contributed by atoms with Crippen LogP contribution in [-0.2, 0) is 13.9 Å². The Labute approximate surface area is 90.0 Å². The average Bonchev–Trinajstić information content (AvgIpc) is 2.10. The van der Waals surface area contributed by atoms with Gasteiger partial charge in [-0.05, 0) is 6.08 Å². The first-order chi connectivity index (χ1) is 7.20. The number of aliphatic hydroxyl groups excluding tert-OH is 2. The summed E-state index contributed by atoms with van der Waals surface area (Å²) in [5, 5.41) is 27.3. The molecule has 8 nitrogen and oxygen atoms in total. The predicted molar refractivity (Wildman–Crippen MR) is 49.3 cm³/mol. The number of carboxylic acids is 1. The monoisotopic (exact) mass is 254 g/mol. The highest BCUT2D eigenvalue weighted by atomic mass is 31.2. The Morgan fingerprint density at radius 2 is 2.00 bits per heavy atom. The minimum absolute atomic E-state index is 0.267. The van der Waals surface area contributed by atoms with Gasteiger partial charge in [-0.3, -0.25) is 4.52 Å². The summed E-state index contributed by atoms with van der Waals surface area (Å²) >= 11 is 0. The number of phosphoric acid groups is 1. The van der Waals surface area contributed by atoms with Gasteiger partial charge < -0.3 is 25.1 Å². The molecule has 5 N–H and O–H groups in total. The van der Waals surface area contributed by atoms with E-state index < -0.39 is 32.1 Å². The second-order valence-electron chi connectivity index (χ2n) is 3.32. The van der Waals surface area contributed by atoms with Crippen molar-refractivity contribution < 1.29 is 39.0 Å². The fraction of sp³-hybridized carbons (Fsp3) is 0.571. The zero-order valence-corrected chi connectivity index (χ0v) is 8.82. The van der Waals surface area contributed by atoms with Crippen LogP contribution in [0.25, 0.3) is 0 Å². The summed E-state index contributed by atoms with van der Waals surface area (Å²) in [4.78, 5) is 27.6. The molecule has 0 heterocycles. The van der Waals surface area contributed by atoms with Crippen molar-refractivity contribution in [1.82, 2.24) is 0 Å². The van der Waals surface area contributed by atoms with Crippen molar-refractivity contribution in [3.05, 3.63) is 11.6 Å². The number of aliphatic carboxylic acids is 1. The van der Waals surface area contributed by atoms with Gasteiger partial charge in [-0.15, -0.1) is 0 Å². The van der Waals surface area contributed by atoms with Crippen LogP contribution in [0.5, 0.6) is 0 Å². The molecular formula is C7H11O8P. The number of rotatable bonds is 3. The maximum Gasteiger partial charge on any atom is 0.470 e. The Bertz CT molecular complexity index is 357. The third-order valence-electron chi connectivity index (χ3n) is 2.06. The number of hydrogen-bond acceptors (Lipinski definition) is 5. The molecule has 9 heteroatoms. The zero-order chi connectivity index (χ0) is 12.5. The van der Waals surface area contributed by atoms with Crippen molar-refractivity contribution in [1.29, 1.82) is 0 Å². The van der Waals surface area contributed by atoms with Crippen LogP contribution >= 0.6 is 7.82 Å². The Balaban J connectivity index is 2.92. The Hall–Kier alpha value is -0.760. The molecule has 0 fully saturated rings. The minimum atomic E-state index is -4.86. The molecule has 3 unspecified atom stereocenters. The average molecular weight is 254 g/mol. The fourth-order valence-electron chi connectivity index (χ4n) is 1.34. The smallest absolute Gasteiger partial charge is 0.470 e. The molecule has 16 heavy (non-hydrogen) atoms. The van der Waals surface area contributed by atoms with Crippen molar-refractivity contribution in [3.8, 4) is 0 Å². The number of phosphoric ester groups is 1. The molecule has 0 aromatic carbocycles. The summed E-state index contributed by atoms with van der Waals surface area (Å²) in [5.41, 5.74) is -0.267. The van der Waals surface area contributed by atoms with Gasteiger partial charge in [0, 0.05) is 12.0 Å². The third kappa shape index (κ3) is 3.38. The van der Waals surface area contributed by atoms with Crippen LogP contribution < -0.4 is 0 Å². The lowest BCUT2D eigenvalue weighted by molar-refractivity contribution is -0.134. The summed E-state index contributed by atoms with van der Waals surface area (Å²) in [7, 11) is -4.86. The largest absolute Gasteiger partial charge is 0.478 e. The van der Waals surface area contributed by atoms with Gasteiger partial charge in [-0.2, -0.15) is 0 Å². The van der Waals surface area contributed by atoms with E-state index in [2.05, 4.69) is 4.52 Å². The molecule has 3 atom stereocenters. The van der Waals surface area contributed by atoms with E-state index in [0.717, 1.165) is 6.08 Å². The molecule has 0 aromatic heterocycles. The molecule has 92 valence electrons. The van der Waals surface area contributed by atoms with Gasteiger partial charge in [0.1, 0.15) is 12.2 Å². The lowest BCUT2D eigenvalue weighted by Crippen LogP contribution is -2.41. The van der Waals surface area contributed by atoms with Crippen LogP contribution in [0.4, 0.5) is 0 Å². The van der Waals surface area contributed by atoms with Crippen LogP contribution in [0.2, 0.25) is 0 Å². The molecule has 0 bridgehead atoms. The van der Waals surface area contributed by atoms with Gasteiger partial charge in [0.05, 0.1) is 6.10 Å². The van der Waals surface area contributed by atoms with Gasteiger partial charge in [-0.25, -0.2) is 9.36 Å². The molecule has 1 aliphatic carbocycles. The number of carboxylic acid groups (broad SMARTS) is 1.